The molecule has 0 aromatic rings. The summed E-state index contributed by atoms with van der Waals surface area (Å²) < 4.78 is 61.8. The van der Waals surface area contributed by atoms with E-state index in [9.17, 15) is 71.2 Å². The summed E-state index contributed by atoms with van der Waals surface area (Å²) in [6.45, 7) is 14.4. The minimum atomic E-state index is -1.91. The van der Waals surface area contributed by atoms with Gasteiger partial charge in [0.2, 0.25) is 0 Å². The first-order valence-corrected chi connectivity index (χ1v) is 28.2. The van der Waals surface area contributed by atoms with Crippen molar-refractivity contribution >= 4 is 5.97 Å². The van der Waals surface area contributed by atoms with Gasteiger partial charge in [-0.2, -0.15) is 0 Å². The lowest BCUT2D eigenvalue weighted by molar-refractivity contribution is -0.392. The first kappa shape index (κ1) is 59.7. The molecule has 5 aliphatic heterocycles. The highest BCUT2D eigenvalue weighted by Crippen LogP contribution is 2.81. The summed E-state index contributed by atoms with van der Waals surface area (Å²) in [4.78, 5) is 12.6. The normalized spacial score (nSPS) is 56.4. The van der Waals surface area contributed by atoms with Crippen LogP contribution in [0.4, 0.5) is 0 Å². The second-order valence-corrected chi connectivity index (χ2v) is 26.9. The molecule has 4 unspecified atom stereocenters. The second kappa shape index (κ2) is 21.0. The largest absolute Gasteiger partial charge is 0.462 e. The Labute approximate surface area is 454 Å². The number of carbonyl (C=O) groups excluding carboxylic acids is 1. The molecule has 5 saturated carbocycles. The van der Waals surface area contributed by atoms with Crippen molar-refractivity contribution in [3.8, 4) is 0 Å². The fraction of sp³-hybridized carbons (Fsp3) is 0.981. The average molecular weight is 1120 g/mol. The van der Waals surface area contributed by atoms with E-state index in [0.29, 0.717) is 38.5 Å². The number of hydrogen-bond acceptors (Lipinski definition) is 24. The molecule has 5 heterocycles. The number of aliphatic hydroxyl groups excluding tert-OH is 13. The number of carbonyl (C=O) groups is 1. The molecule has 78 heavy (non-hydrogen) atoms. The molecule has 24 nitrogen and oxygen atoms in total. The minimum Gasteiger partial charge on any atom is -0.462 e. The van der Waals surface area contributed by atoms with Crippen molar-refractivity contribution in [2.75, 3.05) is 26.4 Å². The number of ether oxygens (including phenoxy) is 10. The van der Waals surface area contributed by atoms with Crippen molar-refractivity contribution in [2.24, 2.45) is 50.2 Å². The van der Waals surface area contributed by atoms with Crippen molar-refractivity contribution < 1.29 is 119 Å². The fourth-order valence-corrected chi connectivity index (χ4v) is 18.0. The first-order chi connectivity index (χ1) is 36.5. The van der Waals surface area contributed by atoms with Gasteiger partial charge in [-0.3, -0.25) is 4.79 Å². The van der Waals surface area contributed by atoms with Crippen LogP contribution in [0.5, 0.6) is 0 Å². The van der Waals surface area contributed by atoms with Gasteiger partial charge in [-0.1, -0.05) is 48.5 Å². The Morgan fingerprint density at radius 3 is 1.82 bits per heavy atom. The zero-order chi connectivity index (χ0) is 56.8. The average Bonchev–Trinajstić information content (AvgIpc) is 1.85. The van der Waals surface area contributed by atoms with E-state index in [4.69, 9.17) is 47.4 Å². The molecule has 10 rings (SSSR count). The van der Waals surface area contributed by atoms with Gasteiger partial charge in [0.15, 0.2) is 31.5 Å². The molecule has 0 amide bonds. The van der Waals surface area contributed by atoms with E-state index >= 15 is 0 Å². The highest BCUT2D eigenvalue weighted by atomic mass is 16.8. The summed E-state index contributed by atoms with van der Waals surface area (Å²) in [7, 11) is 0. The van der Waals surface area contributed by atoms with Gasteiger partial charge < -0.3 is 114 Å². The Kier molecular flexibility index (Phi) is 16.1. The summed E-state index contributed by atoms with van der Waals surface area (Å²) >= 11 is 0. The molecule has 24 heteroatoms. The molecule has 30 atom stereocenters. The van der Waals surface area contributed by atoms with Crippen LogP contribution in [0.15, 0.2) is 0 Å². The van der Waals surface area contributed by atoms with Crippen LogP contribution in [0, 0.1) is 50.2 Å². The Bertz CT molecular complexity index is 2150. The van der Waals surface area contributed by atoms with Crippen LogP contribution in [0.25, 0.3) is 0 Å². The minimum absolute atomic E-state index is 0.0520. The lowest BCUT2D eigenvalue weighted by atomic mass is 9.30. The van der Waals surface area contributed by atoms with Gasteiger partial charge in [0, 0.05) is 18.3 Å². The number of esters is 1. The molecule has 2 bridgehead atoms. The van der Waals surface area contributed by atoms with Crippen LogP contribution in [0.3, 0.4) is 0 Å². The number of fused-ring (bicyclic) bond motifs is 4. The van der Waals surface area contributed by atoms with Crippen molar-refractivity contribution in [1.82, 2.24) is 0 Å². The van der Waals surface area contributed by atoms with Crippen molar-refractivity contribution in [1.29, 1.82) is 0 Å². The fourth-order valence-electron chi connectivity index (χ4n) is 18.0. The predicted molar refractivity (Wildman–Crippen MR) is 262 cm³/mol. The zero-order valence-electron chi connectivity index (χ0n) is 45.9. The van der Waals surface area contributed by atoms with Crippen LogP contribution < -0.4 is 0 Å². The summed E-state index contributed by atoms with van der Waals surface area (Å²) in [6.07, 6.45) is -28.2. The van der Waals surface area contributed by atoms with Gasteiger partial charge in [-0.25, -0.2) is 0 Å². The molecule has 0 radical (unpaired) electrons. The quantitative estimate of drug-likeness (QED) is 0.0770. The molecule has 0 aromatic heterocycles. The lowest BCUT2D eigenvalue weighted by Gasteiger charge is -2.75. The van der Waals surface area contributed by atoms with Gasteiger partial charge in [-0.05, 0) is 91.3 Å². The Morgan fingerprint density at radius 1 is 0.551 bits per heavy atom. The number of hydrogen-bond donors (Lipinski definition) is 13. The van der Waals surface area contributed by atoms with E-state index in [2.05, 4.69) is 48.5 Å². The summed E-state index contributed by atoms with van der Waals surface area (Å²) in [5.41, 5.74) is -4.09. The third kappa shape index (κ3) is 8.94. The first-order valence-electron chi connectivity index (χ1n) is 28.2. The van der Waals surface area contributed by atoms with E-state index < -0.39 is 189 Å². The Hall–Kier alpha value is -1.41. The van der Waals surface area contributed by atoms with Crippen molar-refractivity contribution in [3.63, 3.8) is 0 Å². The highest BCUT2D eigenvalue weighted by molar-refractivity contribution is 5.66. The smallest absolute Gasteiger partial charge is 0.302 e. The molecule has 5 saturated heterocycles. The van der Waals surface area contributed by atoms with Crippen LogP contribution in [0.1, 0.15) is 113 Å². The van der Waals surface area contributed by atoms with Gasteiger partial charge in [0.25, 0.3) is 0 Å². The third-order valence-corrected chi connectivity index (χ3v) is 22.2. The van der Waals surface area contributed by atoms with E-state index in [1.165, 1.54) is 6.92 Å². The molecule has 1 spiro atoms. The van der Waals surface area contributed by atoms with Crippen LogP contribution in [-0.2, 0) is 52.2 Å². The molecule has 10 fully saturated rings. The molecule has 448 valence electrons. The van der Waals surface area contributed by atoms with E-state index in [0.717, 1.165) is 19.3 Å². The monoisotopic (exact) mass is 1120 g/mol. The van der Waals surface area contributed by atoms with Crippen molar-refractivity contribution in [2.45, 2.75) is 254 Å². The second-order valence-electron chi connectivity index (χ2n) is 26.9. The topological polar surface area (TPSA) is 372 Å². The van der Waals surface area contributed by atoms with Gasteiger partial charge in [-0.15, -0.1) is 0 Å². The molecular formula is C54H88O24. The van der Waals surface area contributed by atoms with Crippen LogP contribution >= 0.6 is 0 Å². The molecule has 13 N–H and O–H groups in total. The maximum absolute atomic E-state index is 12.6. The Balaban J connectivity index is 0.908. The summed E-state index contributed by atoms with van der Waals surface area (Å²) in [5.74, 6) is -0.552. The third-order valence-electron chi connectivity index (χ3n) is 22.2. The van der Waals surface area contributed by atoms with E-state index in [-0.39, 0.29) is 34.0 Å². The maximum Gasteiger partial charge on any atom is 0.302 e. The summed E-state index contributed by atoms with van der Waals surface area (Å²) in [5, 5.41) is 143. The Morgan fingerprint density at radius 2 is 1.15 bits per heavy atom. The van der Waals surface area contributed by atoms with E-state index in [1.807, 2.05) is 0 Å². The maximum atomic E-state index is 12.6. The molecule has 10 aliphatic rings. The number of aliphatic hydroxyl groups is 13. The standard InChI is InChI=1S/C54H88O24/c1-22(57)71-32-17-48(2,3)15-29-53-14-10-28-50(6)12-11-31(49(4,5)27(50)9-13-51(28,7)52(53,8)16-30(59)54(29,32)47(68)78-53)75-45-41(77-44-40(67)37(64)34(61)24(18-55)72-44)36(63)26(21-70-45)74-46-42(38(65)35(62)25(19-56)73-46)76-43-39(66)33(60)23(58)20-69-43/h23-47,55-56,58-68H,9-21H2,1-8H3/t23-,24-,25-,26+,27?,28?,29?,30-,31+,32+,33+,34-,35-,36+,37+,38+,39-,40-,41-,42-,43+,44+,45+,46+,47?,50+,51-,52+,53+,54-/m1/s1. The SMILES string of the molecule is CC(=O)O[C@H]1CC(C)(C)CC2[C@]13C(O)O[C@@]21CCC2[C@@]4(C)CC[C@H](O[C@@H]5OC[C@H](O[C@@H]6O[C@H](CO)[C@@H](O)[C@H](O)[C@H]6O[C@@H]6OC[C@@H](O)[C@H](O)[C@H]6O)[C@H](O)[C@H]5O[C@@H]5O[C@H](CO)[C@@H](O)[C@H](O)[C@H]5O)C(C)(C)C4CC[C@@]2(C)[C@]1(C)C[C@H]3O. The van der Waals surface area contributed by atoms with E-state index in [1.54, 1.807) is 0 Å². The van der Waals surface area contributed by atoms with Crippen LogP contribution in [0.2, 0.25) is 0 Å². The lowest BCUT2D eigenvalue weighted by Crippen LogP contribution is -2.75. The summed E-state index contributed by atoms with van der Waals surface area (Å²) in [6, 6.07) is 0. The predicted octanol–water partition coefficient (Wildman–Crippen LogP) is -2.21. The van der Waals surface area contributed by atoms with Crippen LogP contribution in [-0.4, -0.2) is 240 Å². The van der Waals surface area contributed by atoms with Gasteiger partial charge >= 0.3 is 5.97 Å². The van der Waals surface area contributed by atoms with Crippen molar-refractivity contribution in [3.05, 3.63) is 0 Å². The molecule has 5 aliphatic carbocycles. The molecular weight excluding hydrogens is 1030 g/mol. The highest BCUT2D eigenvalue weighted by Gasteiger charge is 2.84. The number of rotatable bonds is 11. The van der Waals surface area contributed by atoms with Gasteiger partial charge in [0.1, 0.15) is 91.6 Å². The molecule has 0 aromatic carbocycles. The van der Waals surface area contributed by atoms with Gasteiger partial charge in [0.05, 0.1) is 49.7 Å². The zero-order valence-corrected chi connectivity index (χ0v) is 45.9.